The lowest BCUT2D eigenvalue weighted by molar-refractivity contribution is 0.0269. The highest BCUT2D eigenvalue weighted by molar-refractivity contribution is 6.02. The normalized spacial score (nSPS) is 25.5. The summed E-state index contributed by atoms with van der Waals surface area (Å²) in [5, 5.41) is 5.66. The van der Waals surface area contributed by atoms with Crippen LogP contribution in [0.25, 0.3) is 0 Å². The summed E-state index contributed by atoms with van der Waals surface area (Å²) in [7, 11) is 1.50. The van der Waals surface area contributed by atoms with Gasteiger partial charge in [0.25, 0.3) is 11.8 Å². The number of piperidine rings is 1. The Balaban J connectivity index is 1.36. The van der Waals surface area contributed by atoms with Gasteiger partial charge in [0.05, 0.1) is 11.5 Å². The number of fused-ring (bicyclic) bond motifs is 2. The van der Waals surface area contributed by atoms with Gasteiger partial charge in [0.2, 0.25) is 0 Å². The van der Waals surface area contributed by atoms with Gasteiger partial charge in [0, 0.05) is 49.1 Å². The topological polar surface area (TPSA) is 97.0 Å². The summed E-state index contributed by atoms with van der Waals surface area (Å²) in [6, 6.07) is 12.5. The maximum Gasteiger partial charge on any atom is 0.410 e. The molecule has 1 saturated carbocycles. The number of alkyl halides is 1. The van der Waals surface area contributed by atoms with Crippen LogP contribution in [0.2, 0.25) is 0 Å². The SMILES string of the molecule is CNC(=O)c1cc(C(=O)N[C@@H]2[C@@H]3CN(C(=O)OC(C)(C)C)C[C@@H]32)cc2c1O[C@H](CF)[C@H]2c1ccccc1. The molecule has 0 spiro atoms. The van der Waals surface area contributed by atoms with E-state index < -0.39 is 30.2 Å². The van der Waals surface area contributed by atoms with Crippen LogP contribution >= 0.6 is 0 Å². The van der Waals surface area contributed by atoms with Gasteiger partial charge in [-0.15, -0.1) is 0 Å². The Morgan fingerprint density at radius 3 is 2.35 bits per heavy atom. The summed E-state index contributed by atoms with van der Waals surface area (Å²) in [4.78, 5) is 40.1. The van der Waals surface area contributed by atoms with Crippen molar-refractivity contribution < 1.29 is 28.2 Å². The number of nitrogens with zero attached hydrogens (tertiary/aromatic N) is 1. The molecule has 2 aromatic carbocycles. The van der Waals surface area contributed by atoms with E-state index in [4.69, 9.17) is 9.47 Å². The third kappa shape index (κ3) is 4.74. The molecule has 2 heterocycles. The minimum atomic E-state index is -0.791. The molecule has 0 unspecified atom stereocenters. The lowest BCUT2D eigenvalue weighted by Crippen LogP contribution is -2.40. The molecule has 5 atom stereocenters. The molecule has 8 nitrogen and oxygen atoms in total. The molecule has 1 aliphatic carbocycles. The standard InChI is InChI=1S/C28H32FN3O5/c1-28(2,3)37-27(35)32-13-19-20(14-32)23(19)31-25(33)16-10-17-22(15-8-6-5-7-9-15)21(12-29)36-24(17)18(11-16)26(34)30-4/h5-11,19-23H,12-14H2,1-4H3,(H,30,34)(H,31,33)/t19-,20+,21-,22+,23-/m1/s1. The number of carbonyl (C=O) groups is 3. The van der Waals surface area contributed by atoms with Crippen molar-refractivity contribution in [3.05, 3.63) is 64.7 Å². The fourth-order valence-electron chi connectivity index (χ4n) is 5.49. The second kappa shape index (κ2) is 9.36. The third-order valence-corrected chi connectivity index (χ3v) is 7.28. The quantitative estimate of drug-likeness (QED) is 0.643. The minimum absolute atomic E-state index is 0.0531. The monoisotopic (exact) mass is 509 g/mol. The molecule has 9 heteroatoms. The van der Waals surface area contributed by atoms with Crippen LogP contribution in [0.1, 0.15) is 58.5 Å². The van der Waals surface area contributed by atoms with Gasteiger partial charge in [-0.3, -0.25) is 9.59 Å². The number of likely N-dealkylation sites (tertiary alicyclic amines) is 1. The molecular formula is C28H32FN3O5. The highest BCUT2D eigenvalue weighted by Crippen LogP contribution is 2.47. The van der Waals surface area contributed by atoms with Crippen LogP contribution in [-0.4, -0.2) is 67.4 Å². The smallest absolute Gasteiger partial charge is 0.410 e. The number of hydrogen-bond donors (Lipinski definition) is 2. The summed E-state index contributed by atoms with van der Waals surface area (Å²) in [5.41, 5.74) is 1.43. The van der Waals surface area contributed by atoms with E-state index >= 15 is 0 Å². The van der Waals surface area contributed by atoms with Gasteiger partial charge in [-0.2, -0.15) is 0 Å². The molecule has 3 amide bonds. The van der Waals surface area contributed by atoms with Crippen LogP contribution in [0.3, 0.4) is 0 Å². The number of amides is 3. The molecular weight excluding hydrogens is 477 g/mol. The van der Waals surface area contributed by atoms with Crippen LogP contribution in [0, 0.1) is 11.8 Å². The average Bonchev–Trinajstić information content (AvgIpc) is 3.21. The fraction of sp³-hybridized carbons (Fsp3) is 0.464. The molecule has 2 fully saturated rings. The zero-order valence-corrected chi connectivity index (χ0v) is 21.4. The molecule has 2 aromatic rings. The Labute approximate surface area is 215 Å². The maximum atomic E-state index is 14.0. The van der Waals surface area contributed by atoms with Gasteiger partial charge in [-0.1, -0.05) is 30.3 Å². The summed E-state index contributed by atoms with van der Waals surface area (Å²) >= 11 is 0. The van der Waals surface area contributed by atoms with Crippen LogP contribution < -0.4 is 15.4 Å². The summed E-state index contributed by atoms with van der Waals surface area (Å²) in [6.45, 7) is 5.82. The first kappa shape index (κ1) is 25.0. The van der Waals surface area contributed by atoms with Crippen molar-refractivity contribution in [3.8, 4) is 5.75 Å². The zero-order chi connectivity index (χ0) is 26.5. The van der Waals surface area contributed by atoms with Gasteiger partial charge >= 0.3 is 6.09 Å². The average molecular weight is 510 g/mol. The maximum absolute atomic E-state index is 14.0. The minimum Gasteiger partial charge on any atom is -0.486 e. The van der Waals surface area contributed by atoms with Gasteiger partial charge in [0.15, 0.2) is 0 Å². The van der Waals surface area contributed by atoms with E-state index in [0.717, 1.165) is 5.56 Å². The largest absolute Gasteiger partial charge is 0.486 e. The predicted octanol–water partition coefficient (Wildman–Crippen LogP) is 3.50. The molecule has 3 aliphatic rings. The summed E-state index contributed by atoms with van der Waals surface area (Å²) < 4.78 is 25.4. The Hall–Kier alpha value is -3.62. The van der Waals surface area contributed by atoms with Crippen LogP contribution in [0.5, 0.6) is 5.75 Å². The van der Waals surface area contributed by atoms with E-state index in [-0.39, 0.29) is 35.4 Å². The number of carbonyl (C=O) groups excluding carboxylic acids is 3. The van der Waals surface area contributed by atoms with Gasteiger partial charge in [-0.25, -0.2) is 9.18 Å². The van der Waals surface area contributed by atoms with Crippen molar-refractivity contribution in [3.63, 3.8) is 0 Å². The first-order chi connectivity index (χ1) is 17.6. The highest BCUT2D eigenvalue weighted by atomic mass is 19.1. The predicted molar refractivity (Wildman–Crippen MR) is 135 cm³/mol. The van der Waals surface area contributed by atoms with Gasteiger partial charge < -0.3 is 25.0 Å². The molecule has 0 aromatic heterocycles. The lowest BCUT2D eigenvalue weighted by atomic mass is 9.86. The van der Waals surface area contributed by atoms with Crippen molar-refractivity contribution in [1.29, 1.82) is 0 Å². The van der Waals surface area contributed by atoms with Crippen molar-refractivity contribution in [1.82, 2.24) is 15.5 Å². The Bertz CT molecular complexity index is 1220. The molecule has 2 N–H and O–H groups in total. The Kier molecular flexibility index (Phi) is 6.33. The van der Waals surface area contributed by atoms with Crippen LogP contribution in [0.4, 0.5) is 9.18 Å². The van der Waals surface area contributed by atoms with Crippen molar-refractivity contribution >= 4 is 17.9 Å². The Morgan fingerprint density at radius 2 is 1.76 bits per heavy atom. The van der Waals surface area contributed by atoms with Crippen molar-refractivity contribution in [2.24, 2.45) is 11.8 Å². The second-order valence-electron chi connectivity index (χ2n) is 10.9. The lowest BCUT2D eigenvalue weighted by Gasteiger charge is -2.26. The van der Waals surface area contributed by atoms with E-state index in [2.05, 4.69) is 10.6 Å². The highest BCUT2D eigenvalue weighted by Gasteiger charge is 2.58. The molecule has 5 rings (SSSR count). The molecule has 2 aliphatic heterocycles. The van der Waals surface area contributed by atoms with E-state index in [9.17, 15) is 18.8 Å². The number of ether oxygens (including phenoxy) is 2. The molecule has 37 heavy (non-hydrogen) atoms. The van der Waals surface area contributed by atoms with E-state index in [0.29, 0.717) is 30.0 Å². The van der Waals surface area contributed by atoms with Gasteiger partial charge in [0.1, 0.15) is 24.1 Å². The fourth-order valence-corrected chi connectivity index (χ4v) is 5.49. The summed E-state index contributed by atoms with van der Waals surface area (Å²) in [5.74, 6) is -0.523. The van der Waals surface area contributed by atoms with Crippen LogP contribution in [0.15, 0.2) is 42.5 Å². The Morgan fingerprint density at radius 1 is 1.08 bits per heavy atom. The third-order valence-electron chi connectivity index (χ3n) is 7.28. The molecule has 0 radical (unpaired) electrons. The van der Waals surface area contributed by atoms with E-state index in [1.165, 1.54) is 13.1 Å². The number of rotatable bonds is 5. The zero-order valence-electron chi connectivity index (χ0n) is 21.4. The van der Waals surface area contributed by atoms with Crippen molar-refractivity contribution in [2.75, 3.05) is 26.8 Å². The number of benzene rings is 2. The second-order valence-corrected chi connectivity index (χ2v) is 10.9. The summed E-state index contributed by atoms with van der Waals surface area (Å²) in [6.07, 6.45) is -1.13. The van der Waals surface area contributed by atoms with E-state index in [1.54, 1.807) is 11.0 Å². The van der Waals surface area contributed by atoms with Crippen molar-refractivity contribution in [2.45, 2.75) is 44.4 Å². The number of nitrogens with one attached hydrogen (secondary N) is 2. The molecule has 196 valence electrons. The number of hydrogen-bond acceptors (Lipinski definition) is 5. The van der Waals surface area contributed by atoms with Gasteiger partial charge in [-0.05, 0) is 38.5 Å². The van der Waals surface area contributed by atoms with E-state index in [1.807, 2.05) is 51.1 Å². The molecule has 1 saturated heterocycles. The first-order valence-electron chi connectivity index (χ1n) is 12.6. The van der Waals surface area contributed by atoms with Crippen LogP contribution in [-0.2, 0) is 4.74 Å². The molecule has 0 bridgehead atoms. The first-order valence-corrected chi connectivity index (χ1v) is 12.6. The number of halogens is 1.